The molecule has 1 amide bonds. The number of anilines is 1. The van der Waals surface area contributed by atoms with E-state index in [2.05, 4.69) is 5.32 Å². The Morgan fingerprint density at radius 1 is 1.48 bits per heavy atom. The number of aromatic carboxylic acids is 1. The molecule has 0 saturated carbocycles. The van der Waals surface area contributed by atoms with E-state index in [1.165, 1.54) is 18.2 Å². The molecule has 1 saturated heterocycles. The molecule has 1 unspecified atom stereocenters. The Morgan fingerprint density at radius 2 is 2.19 bits per heavy atom. The van der Waals surface area contributed by atoms with Crippen molar-refractivity contribution >= 4 is 29.2 Å². The summed E-state index contributed by atoms with van der Waals surface area (Å²) < 4.78 is 0. The second kappa shape index (κ2) is 6.01. The molecule has 0 spiro atoms. The summed E-state index contributed by atoms with van der Waals surface area (Å²) in [5, 5.41) is 21.7. The van der Waals surface area contributed by atoms with Gasteiger partial charge in [-0.25, -0.2) is 4.79 Å². The number of likely N-dealkylation sites (tertiary alicyclic amines) is 1. The minimum absolute atomic E-state index is 0.0544. The van der Waals surface area contributed by atoms with Crippen LogP contribution in [-0.2, 0) is 4.79 Å². The summed E-state index contributed by atoms with van der Waals surface area (Å²) in [6.45, 7) is 2.94. The molecule has 0 aliphatic carbocycles. The van der Waals surface area contributed by atoms with Gasteiger partial charge in [-0.15, -0.1) is 0 Å². The smallest absolute Gasteiger partial charge is 0.335 e. The normalized spacial score (nSPS) is 22.2. The van der Waals surface area contributed by atoms with Gasteiger partial charge in [-0.2, -0.15) is 0 Å². The van der Waals surface area contributed by atoms with Crippen LogP contribution in [0.3, 0.4) is 0 Å². The standard InChI is InChI=1S/C14H17ClN2O4/c1-14(21)4-5-17(8-14)7-12(18)16-11-6-9(13(19)20)2-3-10(11)15/h2-3,6,21H,4-5,7-8H2,1H3,(H,16,18)(H,19,20). The second-order valence-electron chi connectivity index (χ2n) is 5.51. The van der Waals surface area contributed by atoms with Gasteiger partial charge in [0.05, 0.1) is 28.4 Å². The van der Waals surface area contributed by atoms with Gasteiger partial charge in [-0.1, -0.05) is 11.6 Å². The van der Waals surface area contributed by atoms with Crippen LogP contribution in [0.1, 0.15) is 23.7 Å². The van der Waals surface area contributed by atoms with E-state index in [0.29, 0.717) is 19.5 Å². The van der Waals surface area contributed by atoms with Gasteiger partial charge >= 0.3 is 5.97 Å². The van der Waals surface area contributed by atoms with Crippen LogP contribution in [0, 0.1) is 0 Å². The highest BCUT2D eigenvalue weighted by atomic mass is 35.5. The van der Waals surface area contributed by atoms with Gasteiger partial charge < -0.3 is 15.5 Å². The summed E-state index contributed by atoms with van der Waals surface area (Å²) in [6, 6.07) is 4.13. The molecule has 0 bridgehead atoms. The van der Waals surface area contributed by atoms with Crippen LogP contribution in [0.4, 0.5) is 5.69 Å². The number of hydrogen-bond donors (Lipinski definition) is 3. The molecule has 1 aliphatic heterocycles. The third-order valence-electron chi connectivity index (χ3n) is 3.39. The van der Waals surface area contributed by atoms with Crippen LogP contribution < -0.4 is 5.32 Å². The fourth-order valence-electron chi connectivity index (χ4n) is 2.32. The summed E-state index contributed by atoms with van der Waals surface area (Å²) in [7, 11) is 0. The van der Waals surface area contributed by atoms with Crippen LogP contribution in [0.25, 0.3) is 0 Å². The minimum Gasteiger partial charge on any atom is -0.478 e. The highest BCUT2D eigenvalue weighted by Gasteiger charge is 2.32. The Balaban J connectivity index is 2.00. The van der Waals surface area contributed by atoms with Gasteiger partial charge in [-0.05, 0) is 31.5 Å². The average Bonchev–Trinajstić information content (AvgIpc) is 2.71. The lowest BCUT2D eigenvalue weighted by atomic mass is 10.1. The molecular formula is C14H17ClN2O4. The third kappa shape index (κ3) is 4.17. The molecule has 7 heteroatoms. The van der Waals surface area contributed by atoms with Crippen LogP contribution in [0.15, 0.2) is 18.2 Å². The maximum atomic E-state index is 12.0. The lowest BCUT2D eigenvalue weighted by Crippen LogP contribution is -2.35. The first kappa shape index (κ1) is 15.8. The van der Waals surface area contributed by atoms with Crippen molar-refractivity contribution in [1.29, 1.82) is 0 Å². The zero-order valence-corrected chi connectivity index (χ0v) is 12.4. The van der Waals surface area contributed by atoms with Crippen molar-refractivity contribution in [3.05, 3.63) is 28.8 Å². The van der Waals surface area contributed by atoms with Crippen molar-refractivity contribution in [3.8, 4) is 0 Å². The molecule has 3 N–H and O–H groups in total. The molecule has 114 valence electrons. The van der Waals surface area contributed by atoms with Crippen molar-refractivity contribution in [1.82, 2.24) is 4.90 Å². The van der Waals surface area contributed by atoms with Crippen molar-refractivity contribution in [2.45, 2.75) is 18.9 Å². The first-order valence-corrected chi connectivity index (χ1v) is 6.92. The van der Waals surface area contributed by atoms with Gasteiger partial charge in [-0.3, -0.25) is 9.69 Å². The van der Waals surface area contributed by atoms with Gasteiger partial charge in [0.1, 0.15) is 0 Å². The minimum atomic E-state index is -1.09. The predicted molar refractivity (Wildman–Crippen MR) is 78.7 cm³/mol. The van der Waals surface area contributed by atoms with E-state index in [1.807, 2.05) is 4.90 Å². The summed E-state index contributed by atoms with van der Waals surface area (Å²) in [5.41, 5.74) is -0.437. The quantitative estimate of drug-likeness (QED) is 0.782. The molecule has 1 fully saturated rings. The molecular weight excluding hydrogens is 296 g/mol. The topological polar surface area (TPSA) is 89.9 Å². The number of nitrogens with zero attached hydrogens (tertiary/aromatic N) is 1. The van der Waals surface area contributed by atoms with E-state index in [9.17, 15) is 14.7 Å². The molecule has 0 aromatic heterocycles. The maximum absolute atomic E-state index is 12.0. The lowest BCUT2D eigenvalue weighted by Gasteiger charge is -2.18. The van der Waals surface area contributed by atoms with Crippen LogP contribution in [-0.4, -0.2) is 52.2 Å². The number of carboxylic acids is 1. The van der Waals surface area contributed by atoms with E-state index in [4.69, 9.17) is 16.7 Å². The molecule has 1 aromatic rings. The highest BCUT2D eigenvalue weighted by Crippen LogP contribution is 2.24. The Hall–Kier alpha value is -1.63. The maximum Gasteiger partial charge on any atom is 0.335 e. The summed E-state index contributed by atoms with van der Waals surface area (Å²) in [5.74, 6) is -1.38. The molecule has 1 aromatic carbocycles. The number of nitrogens with one attached hydrogen (secondary N) is 1. The SMILES string of the molecule is CC1(O)CCN(CC(=O)Nc2cc(C(=O)O)ccc2Cl)C1. The fraction of sp³-hybridized carbons (Fsp3) is 0.429. The van der Waals surface area contributed by atoms with E-state index in [0.717, 1.165) is 0 Å². The van der Waals surface area contributed by atoms with Gasteiger partial charge in [0.15, 0.2) is 0 Å². The third-order valence-corrected chi connectivity index (χ3v) is 3.72. The molecule has 0 radical (unpaired) electrons. The number of hydrogen-bond acceptors (Lipinski definition) is 4. The number of amides is 1. The largest absolute Gasteiger partial charge is 0.478 e. The number of rotatable bonds is 4. The molecule has 21 heavy (non-hydrogen) atoms. The number of carbonyl (C=O) groups is 2. The number of carboxylic acid groups (broad SMARTS) is 1. The van der Waals surface area contributed by atoms with Crippen molar-refractivity contribution < 1.29 is 19.8 Å². The zero-order valence-electron chi connectivity index (χ0n) is 11.6. The Bertz CT molecular complexity index is 574. The predicted octanol–water partition coefficient (Wildman–Crippen LogP) is 1.43. The Kier molecular flexibility index (Phi) is 4.51. The van der Waals surface area contributed by atoms with Crippen molar-refractivity contribution in [3.63, 3.8) is 0 Å². The first-order valence-electron chi connectivity index (χ1n) is 6.54. The Labute approximate surface area is 127 Å². The number of halogens is 1. The monoisotopic (exact) mass is 312 g/mol. The summed E-state index contributed by atoms with van der Waals surface area (Å²) >= 11 is 5.95. The number of β-amino-alcohol motifs (C(OH)–C–C–N with tert-alkyl or cyclic N) is 1. The van der Waals surface area contributed by atoms with Crippen molar-refractivity contribution in [2.24, 2.45) is 0 Å². The number of benzene rings is 1. The van der Waals surface area contributed by atoms with Gasteiger partial charge in [0.2, 0.25) is 5.91 Å². The van der Waals surface area contributed by atoms with E-state index in [-0.39, 0.29) is 28.7 Å². The average molecular weight is 313 g/mol. The zero-order chi connectivity index (χ0) is 15.6. The number of carbonyl (C=O) groups excluding carboxylic acids is 1. The lowest BCUT2D eigenvalue weighted by molar-refractivity contribution is -0.117. The van der Waals surface area contributed by atoms with E-state index >= 15 is 0 Å². The molecule has 1 atom stereocenters. The molecule has 6 nitrogen and oxygen atoms in total. The van der Waals surface area contributed by atoms with Gasteiger partial charge in [0.25, 0.3) is 0 Å². The first-order chi connectivity index (χ1) is 9.77. The highest BCUT2D eigenvalue weighted by molar-refractivity contribution is 6.33. The van der Waals surface area contributed by atoms with E-state index < -0.39 is 11.6 Å². The van der Waals surface area contributed by atoms with Crippen molar-refractivity contribution in [2.75, 3.05) is 25.0 Å². The summed E-state index contributed by atoms with van der Waals surface area (Å²) in [6.07, 6.45) is 0.621. The second-order valence-corrected chi connectivity index (χ2v) is 5.91. The fourth-order valence-corrected chi connectivity index (χ4v) is 2.49. The van der Waals surface area contributed by atoms with Crippen LogP contribution in [0.5, 0.6) is 0 Å². The van der Waals surface area contributed by atoms with Crippen LogP contribution >= 0.6 is 11.6 Å². The van der Waals surface area contributed by atoms with Gasteiger partial charge in [0, 0.05) is 13.1 Å². The Morgan fingerprint density at radius 3 is 2.76 bits per heavy atom. The van der Waals surface area contributed by atoms with Crippen LogP contribution in [0.2, 0.25) is 5.02 Å². The van der Waals surface area contributed by atoms with E-state index in [1.54, 1.807) is 6.92 Å². The molecule has 2 rings (SSSR count). The number of aliphatic hydroxyl groups is 1. The molecule has 1 heterocycles. The summed E-state index contributed by atoms with van der Waals surface area (Å²) in [4.78, 5) is 24.7. The molecule has 1 aliphatic rings.